The van der Waals surface area contributed by atoms with Crippen LogP contribution >= 0.6 is 11.3 Å². The smallest absolute Gasteiger partial charge is 0.134 e. The van der Waals surface area contributed by atoms with E-state index in [4.69, 9.17) is 0 Å². The van der Waals surface area contributed by atoms with Crippen LogP contribution in [0, 0.1) is 0 Å². The van der Waals surface area contributed by atoms with E-state index in [0.29, 0.717) is 0 Å². The SMILES string of the molecule is CC(c1cccs1)N(C)c1ncccc1[C@H](C)O. The fourth-order valence-corrected chi connectivity index (χ4v) is 2.76. The number of thiophene rings is 1. The van der Waals surface area contributed by atoms with Crippen LogP contribution in [0.4, 0.5) is 5.82 Å². The van der Waals surface area contributed by atoms with Crippen molar-refractivity contribution in [1.82, 2.24) is 4.98 Å². The third-order valence-electron chi connectivity index (χ3n) is 3.14. The minimum absolute atomic E-state index is 0.248. The van der Waals surface area contributed by atoms with Gasteiger partial charge >= 0.3 is 0 Å². The predicted molar refractivity (Wildman–Crippen MR) is 76.0 cm³/mol. The Labute approximate surface area is 112 Å². The topological polar surface area (TPSA) is 36.4 Å². The lowest BCUT2D eigenvalue weighted by Crippen LogP contribution is -2.23. The Bertz CT molecular complexity index is 496. The number of hydrogen-bond acceptors (Lipinski definition) is 4. The lowest BCUT2D eigenvalue weighted by Gasteiger charge is -2.27. The van der Waals surface area contributed by atoms with Crippen molar-refractivity contribution in [2.75, 3.05) is 11.9 Å². The Balaban J connectivity index is 2.31. The Kier molecular flexibility index (Phi) is 3.99. The van der Waals surface area contributed by atoms with Crippen molar-refractivity contribution in [1.29, 1.82) is 0 Å². The van der Waals surface area contributed by atoms with E-state index in [1.54, 1.807) is 24.5 Å². The number of anilines is 1. The van der Waals surface area contributed by atoms with E-state index < -0.39 is 6.10 Å². The number of aliphatic hydroxyl groups excluding tert-OH is 1. The molecule has 0 saturated carbocycles. The molecule has 0 spiro atoms. The molecule has 0 aliphatic rings. The van der Waals surface area contributed by atoms with Crippen molar-refractivity contribution in [2.24, 2.45) is 0 Å². The highest BCUT2D eigenvalue weighted by molar-refractivity contribution is 7.10. The molecular weight excluding hydrogens is 244 g/mol. The third kappa shape index (κ3) is 2.54. The number of aliphatic hydroxyl groups is 1. The van der Waals surface area contributed by atoms with Gasteiger partial charge in [-0.05, 0) is 31.4 Å². The van der Waals surface area contributed by atoms with Gasteiger partial charge in [-0.2, -0.15) is 0 Å². The molecule has 0 amide bonds. The minimum atomic E-state index is -0.508. The Morgan fingerprint density at radius 3 is 2.67 bits per heavy atom. The molecule has 1 unspecified atom stereocenters. The third-order valence-corrected chi connectivity index (χ3v) is 4.18. The van der Waals surface area contributed by atoms with Crippen LogP contribution in [0.1, 0.15) is 36.4 Å². The molecule has 3 nitrogen and oxygen atoms in total. The van der Waals surface area contributed by atoms with Gasteiger partial charge in [-0.1, -0.05) is 12.1 Å². The Morgan fingerprint density at radius 2 is 2.06 bits per heavy atom. The summed E-state index contributed by atoms with van der Waals surface area (Å²) < 4.78 is 0. The molecule has 0 bridgehead atoms. The summed E-state index contributed by atoms with van der Waals surface area (Å²) in [5, 5.41) is 11.9. The quantitative estimate of drug-likeness (QED) is 0.917. The molecule has 0 saturated heterocycles. The average Bonchev–Trinajstić information content (AvgIpc) is 2.90. The standard InChI is InChI=1S/C14H18N2OS/c1-10(13-7-5-9-18-13)16(3)14-12(11(2)17)6-4-8-15-14/h4-11,17H,1-3H3/t10?,11-/m0/s1. The molecule has 18 heavy (non-hydrogen) atoms. The number of rotatable bonds is 4. The summed E-state index contributed by atoms with van der Waals surface area (Å²) in [6.07, 6.45) is 1.26. The predicted octanol–water partition coefficient (Wildman–Crippen LogP) is 3.39. The van der Waals surface area contributed by atoms with Crippen LogP contribution in [-0.4, -0.2) is 17.1 Å². The van der Waals surface area contributed by atoms with E-state index >= 15 is 0 Å². The fraction of sp³-hybridized carbons (Fsp3) is 0.357. The van der Waals surface area contributed by atoms with Gasteiger partial charge in [0.2, 0.25) is 0 Å². The average molecular weight is 262 g/mol. The lowest BCUT2D eigenvalue weighted by atomic mass is 10.1. The summed E-state index contributed by atoms with van der Waals surface area (Å²) in [4.78, 5) is 7.80. The summed E-state index contributed by atoms with van der Waals surface area (Å²) in [7, 11) is 2.01. The van der Waals surface area contributed by atoms with Crippen molar-refractivity contribution in [3.05, 3.63) is 46.3 Å². The van der Waals surface area contributed by atoms with E-state index in [2.05, 4.69) is 34.3 Å². The van der Waals surface area contributed by atoms with Crippen LogP contribution in [0.25, 0.3) is 0 Å². The highest BCUT2D eigenvalue weighted by atomic mass is 32.1. The second-order valence-corrected chi connectivity index (χ2v) is 5.37. The first-order chi connectivity index (χ1) is 8.61. The van der Waals surface area contributed by atoms with Crippen molar-refractivity contribution < 1.29 is 5.11 Å². The summed E-state index contributed by atoms with van der Waals surface area (Å²) in [6.45, 7) is 3.91. The van der Waals surface area contributed by atoms with Gasteiger partial charge in [0.1, 0.15) is 5.82 Å². The molecular formula is C14H18N2OS. The molecule has 4 heteroatoms. The molecule has 1 N–H and O–H groups in total. The fourth-order valence-electron chi connectivity index (χ4n) is 1.93. The van der Waals surface area contributed by atoms with E-state index in [1.165, 1.54) is 4.88 Å². The van der Waals surface area contributed by atoms with Gasteiger partial charge in [0.25, 0.3) is 0 Å². The Morgan fingerprint density at radius 1 is 1.28 bits per heavy atom. The first-order valence-corrected chi connectivity index (χ1v) is 6.88. The van der Waals surface area contributed by atoms with E-state index in [9.17, 15) is 5.11 Å². The van der Waals surface area contributed by atoms with Crippen molar-refractivity contribution >= 4 is 17.2 Å². The highest BCUT2D eigenvalue weighted by Crippen LogP contribution is 2.31. The number of nitrogens with zero attached hydrogens (tertiary/aromatic N) is 2. The molecule has 96 valence electrons. The Hall–Kier alpha value is -1.39. The molecule has 0 fully saturated rings. The first kappa shape index (κ1) is 13.1. The van der Waals surface area contributed by atoms with Crippen LogP contribution in [0.2, 0.25) is 0 Å². The van der Waals surface area contributed by atoms with Crippen molar-refractivity contribution in [2.45, 2.75) is 26.0 Å². The van der Waals surface area contributed by atoms with Gasteiger partial charge in [0.15, 0.2) is 0 Å². The van der Waals surface area contributed by atoms with Crippen molar-refractivity contribution in [3.63, 3.8) is 0 Å². The maximum Gasteiger partial charge on any atom is 0.134 e. The highest BCUT2D eigenvalue weighted by Gasteiger charge is 2.18. The van der Waals surface area contributed by atoms with Gasteiger partial charge in [0.05, 0.1) is 12.1 Å². The molecule has 0 aliphatic carbocycles. The van der Waals surface area contributed by atoms with E-state index in [1.807, 2.05) is 19.2 Å². The van der Waals surface area contributed by atoms with Crippen LogP contribution in [-0.2, 0) is 0 Å². The summed E-state index contributed by atoms with van der Waals surface area (Å²) in [5.74, 6) is 0.841. The zero-order valence-electron chi connectivity index (χ0n) is 10.9. The minimum Gasteiger partial charge on any atom is -0.389 e. The molecule has 2 heterocycles. The lowest BCUT2D eigenvalue weighted by molar-refractivity contribution is 0.199. The number of pyridine rings is 1. The van der Waals surface area contributed by atoms with Gasteiger partial charge in [-0.3, -0.25) is 0 Å². The summed E-state index contributed by atoms with van der Waals surface area (Å²) >= 11 is 1.74. The molecule has 0 aromatic carbocycles. The maximum absolute atomic E-state index is 9.80. The largest absolute Gasteiger partial charge is 0.389 e. The van der Waals surface area contributed by atoms with Gasteiger partial charge < -0.3 is 10.0 Å². The zero-order chi connectivity index (χ0) is 13.1. The van der Waals surface area contributed by atoms with Crippen molar-refractivity contribution in [3.8, 4) is 0 Å². The van der Waals surface area contributed by atoms with Crippen LogP contribution < -0.4 is 4.90 Å². The van der Waals surface area contributed by atoms with Gasteiger partial charge in [-0.15, -0.1) is 11.3 Å². The molecule has 0 aliphatic heterocycles. The van der Waals surface area contributed by atoms with E-state index in [0.717, 1.165) is 11.4 Å². The molecule has 2 aromatic rings. The van der Waals surface area contributed by atoms with Gasteiger partial charge in [0, 0.05) is 23.7 Å². The van der Waals surface area contributed by atoms with Crippen LogP contribution in [0.3, 0.4) is 0 Å². The summed E-state index contributed by atoms with van der Waals surface area (Å²) in [5.41, 5.74) is 0.864. The van der Waals surface area contributed by atoms with Crippen LogP contribution in [0.15, 0.2) is 35.8 Å². The van der Waals surface area contributed by atoms with E-state index in [-0.39, 0.29) is 6.04 Å². The monoisotopic (exact) mass is 262 g/mol. The van der Waals surface area contributed by atoms with Crippen LogP contribution in [0.5, 0.6) is 0 Å². The number of hydrogen-bond donors (Lipinski definition) is 1. The maximum atomic E-state index is 9.80. The van der Waals surface area contributed by atoms with Gasteiger partial charge in [-0.25, -0.2) is 4.98 Å². The number of aromatic nitrogens is 1. The second kappa shape index (κ2) is 5.50. The second-order valence-electron chi connectivity index (χ2n) is 4.39. The first-order valence-electron chi connectivity index (χ1n) is 6.00. The molecule has 0 radical (unpaired) electrons. The molecule has 2 atom stereocenters. The zero-order valence-corrected chi connectivity index (χ0v) is 11.7. The molecule has 2 rings (SSSR count). The summed E-state index contributed by atoms with van der Waals surface area (Å²) in [6, 6.07) is 8.20. The molecule has 2 aromatic heterocycles. The normalized spacial score (nSPS) is 14.2.